The lowest BCUT2D eigenvalue weighted by molar-refractivity contribution is -0.142. The van der Waals surface area contributed by atoms with E-state index in [9.17, 15) is 28.8 Å². The molecule has 6 rings (SSSR count). The third-order valence-corrected chi connectivity index (χ3v) is 14.0. The van der Waals surface area contributed by atoms with Crippen LogP contribution >= 0.6 is 23.3 Å². The summed E-state index contributed by atoms with van der Waals surface area (Å²) in [5.41, 5.74) is 1.40. The molecule has 4 aliphatic heterocycles. The van der Waals surface area contributed by atoms with Crippen LogP contribution in [0.25, 0.3) is 11.3 Å². The molecule has 6 N–H and O–H groups in total. The molecule has 5 heterocycles. The molecule has 0 radical (unpaired) electrons. The standard InChI is InChI=1S/C40H58N10O6S2/c1-25(41-2)36(53)44-34(39(55)50-21-11-14-29(50)37(54)46-38-33(47-48-58-38)26-12-5-3-6-13-26)27-18-22-49(23-19-27)32(52)17-7-4-10-20-42-31(51)16-9-8-15-30-35-28(24-57-30)43-40(56)45-35/h3,5-6,12-13,25,27-30,34-35,41H,4,7-11,14-24H2,1-2H3,(H,42,51)(H,44,53)(H,46,54)(H2,43,45,56)/t25-,28-,29-,30?,34-,35-/m0/s1. The SMILES string of the molecule is CN[C@@H](C)C(=O)N[C@H](C(=O)N1CCC[C@H]1C(=O)Nc1snnc1-c1ccccc1)C1CCN(C(=O)CCCCCNC(=O)CCCCC2SC[C@@H]3NC(=O)N[C@H]23)CC1. The molecular formula is C40H58N10O6S2. The number of aromatic nitrogens is 2. The quantitative estimate of drug-likeness (QED) is 0.0902. The largest absolute Gasteiger partial charge is 0.356 e. The lowest BCUT2D eigenvalue weighted by Crippen LogP contribution is -2.58. The summed E-state index contributed by atoms with van der Waals surface area (Å²) in [6, 6.07) is 7.76. The zero-order chi connectivity index (χ0) is 41.0. The number of carbonyl (C=O) groups excluding carboxylic acids is 6. The van der Waals surface area contributed by atoms with Crippen LogP contribution in [-0.2, 0) is 24.0 Å². The number of unbranched alkanes of at least 4 members (excludes halogenated alkanes) is 3. The predicted octanol–water partition coefficient (Wildman–Crippen LogP) is 2.87. The minimum atomic E-state index is -0.832. The highest BCUT2D eigenvalue weighted by atomic mass is 32.2. The maximum Gasteiger partial charge on any atom is 0.315 e. The first kappa shape index (κ1) is 43.3. The summed E-state index contributed by atoms with van der Waals surface area (Å²) in [7, 11) is 1.69. The van der Waals surface area contributed by atoms with E-state index >= 15 is 0 Å². The Hall–Kier alpha value is -4.29. The highest BCUT2D eigenvalue weighted by molar-refractivity contribution is 8.00. The van der Waals surface area contributed by atoms with Crippen molar-refractivity contribution in [3.63, 3.8) is 0 Å². The smallest absolute Gasteiger partial charge is 0.315 e. The van der Waals surface area contributed by atoms with Crippen LogP contribution in [0.15, 0.2) is 30.3 Å². The van der Waals surface area contributed by atoms with Gasteiger partial charge < -0.3 is 41.7 Å². The molecule has 7 amide bonds. The Labute approximate surface area is 348 Å². The third kappa shape index (κ3) is 11.3. The number of nitrogens with one attached hydrogen (secondary N) is 6. The molecule has 4 fully saturated rings. The zero-order valence-corrected chi connectivity index (χ0v) is 35.1. The van der Waals surface area contributed by atoms with Gasteiger partial charge in [-0.25, -0.2) is 4.79 Å². The van der Waals surface area contributed by atoms with Gasteiger partial charge in [0.25, 0.3) is 0 Å². The summed E-state index contributed by atoms with van der Waals surface area (Å²) in [5, 5.41) is 23.0. The van der Waals surface area contributed by atoms with E-state index in [1.165, 1.54) is 0 Å². The average molecular weight is 839 g/mol. The molecule has 18 heteroatoms. The van der Waals surface area contributed by atoms with E-state index in [4.69, 9.17) is 0 Å². The number of benzene rings is 1. The minimum Gasteiger partial charge on any atom is -0.356 e. The average Bonchev–Trinajstić information content (AvgIpc) is 4.06. The first-order chi connectivity index (χ1) is 28.1. The molecule has 1 aromatic heterocycles. The van der Waals surface area contributed by atoms with Gasteiger partial charge in [-0.3, -0.25) is 24.0 Å². The van der Waals surface area contributed by atoms with Crippen molar-refractivity contribution in [2.75, 3.05) is 44.3 Å². The Kier molecular flexibility index (Phi) is 15.8. The third-order valence-electron chi connectivity index (χ3n) is 11.8. The maximum atomic E-state index is 14.3. The van der Waals surface area contributed by atoms with Crippen LogP contribution in [0.4, 0.5) is 9.80 Å². The van der Waals surface area contributed by atoms with Crippen LogP contribution in [0.3, 0.4) is 0 Å². The Morgan fingerprint density at radius 2 is 1.72 bits per heavy atom. The summed E-state index contributed by atoms with van der Waals surface area (Å²) in [6.07, 6.45) is 8.28. The summed E-state index contributed by atoms with van der Waals surface area (Å²) in [4.78, 5) is 81.7. The van der Waals surface area contributed by atoms with Crippen LogP contribution in [0.5, 0.6) is 0 Å². The minimum absolute atomic E-state index is 0.0505. The number of carbonyl (C=O) groups is 6. The Bertz CT molecular complexity index is 1740. The lowest BCUT2D eigenvalue weighted by atomic mass is 9.87. The number of nitrogens with zero attached hydrogens (tertiary/aromatic N) is 4. The molecule has 6 atom stereocenters. The number of rotatable bonds is 19. The van der Waals surface area contributed by atoms with Crippen LogP contribution in [-0.4, -0.2) is 129 Å². The van der Waals surface area contributed by atoms with Gasteiger partial charge in [-0.2, -0.15) is 11.8 Å². The van der Waals surface area contributed by atoms with Crippen molar-refractivity contribution in [3.8, 4) is 11.3 Å². The van der Waals surface area contributed by atoms with Gasteiger partial charge in [0, 0.05) is 67.1 Å². The van der Waals surface area contributed by atoms with Crippen LogP contribution in [0.1, 0.15) is 84.0 Å². The van der Waals surface area contributed by atoms with Gasteiger partial charge in [0.15, 0.2) is 0 Å². The molecule has 0 aliphatic carbocycles. The van der Waals surface area contributed by atoms with E-state index < -0.39 is 18.1 Å². The molecule has 1 unspecified atom stereocenters. The molecule has 4 aliphatic rings. The van der Waals surface area contributed by atoms with Gasteiger partial charge in [0.05, 0.1) is 18.1 Å². The van der Waals surface area contributed by atoms with Crippen LogP contribution < -0.4 is 31.9 Å². The molecule has 316 valence electrons. The first-order valence-electron chi connectivity index (χ1n) is 20.8. The fraction of sp³-hybridized carbons (Fsp3) is 0.650. The van der Waals surface area contributed by atoms with Gasteiger partial charge in [-0.15, -0.1) is 5.10 Å². The van der Waals surface area contributed by atoms with Crippen LogP contribution in [0.2, 0.25) is 0 Å². The molecule has 2 aromatic rings. The molecule has 1 aromatic carbocycles. The van der Waals surface area contributed by atoms with E-state index in [2.05, 4.69) is 41.5 Å². The molecule has 0 bridgehead atoms. The van der Waals surface area contributed by atoms with Crippen molar-refractivity contribution < 1.29 is 28.8 Å². The normalized spacial score (nSPS) is 22.8. The van der Waals surface area contributed by atoms with Crippen molar-refractivity contribution in [2.45, 2.75) is 119 Å². The summed E-state index contributed by atoms with van der Waals surface area (Å²) in [6.45, 7) is 3.69. The number of amides is 7. The van der Waals surface area contributed by atoms with Crippen molar-refractivity contribution in [1.82, 2.24) is 46.0 Å². The van der Waals surface area contributed by atoms with Gasteiger partial charge in [-0.05, 0) is 71.3 Å². The molecular weight excluding hydrogens is 781 g/mol. The van der Waals surface area contributed by atoms with E-state index in [1.807, 2.05) is 47.0 Å². The number of likely N-dealkylation sites (tertiary alicyclic amines) is 2. The fourth-order valence-corrected chi connectivity index (χ4v) is 10.5. The van der Waals surface area contributed by atoms with E-state index in [-0.39, 0.29) is 53.6 Å². The number of hydrogen-bond donors (Lipinski definition) is 6. The Morgan fingerprint density at radius 3 is 2.50 bits per heavy atom. The molecule has 16 nitrogen and oxygen atoms in total. The van der Waals surface area contributed by atoms with Gasteiger partial charge in [0.2, 0.25) is 29.5 Å². The Balaban J connectivity index is 0.911. The number of thioether (sulfide) groups is 1. The second-order valence-electron chi connectivity index (χ2n) is 15.7. The second-order valence-corrected chi connectivity index (χ2v) is 17.8. The van der Waals surface area contributed by atoms with E-state index in [0.29, 0.717) is 80.6 Å². The number of urea groups is 1. The molecule has 4 saturated heterocycles. The predicted molar refractivity (Wildman–Crippen MR) is 224 cm³/mol. The van der Waals surface area contributed by atoms with Gasteiger partial charge >= 0.3 is 6.03 Å². The number of anilines is 1. The van der Waals surface area contributed by atoms with Crippen LogP contribution in [0, 0.1) is 5.92 Å². The van der Waals surface area contributed by atoms with E-state index in [1.54, 1.807) is 18.9 Å². The van der Waals surface area contributed by atoms with Gasteiger partial charge in [0.1, 0.15) is 22.8 Å². The van der Waals surface area contributed by atoms with Gasteiger partial charge in [-0.1, -0.05) is 47.7 Å². The highest BCUT2D eigenvalue weighted by Gasteiger charge is 2.43. The molecule has 0 spiro atoms. The topological polar surface area (TPSA) is 207 Å². The number of likely N-dealkylation sites (N-methyl/N-ethyl adjacent to an activating group) is 1. The first-order valence-corrected chi connectivity index (χ1v) is 22.6. The molecule has 58 heavy (non-hydrogen) atoms. The second kappa shape index (κ2) is 21.1. The highest BCUT2D eigenvalue weighted by Crippen LogP contribution is 2.34. The van der Waals surface area contributed by atoms with Crippen molar-refractivity contribution >= 4 is 63.9 Å². The maximum absolute atomic E-state index is 14.3. The van der Waals surface area contributed by atoms with Crippen molar-refractivity contribution in [1.29, 1.82) is 0 Å². The van der Waals surface area contributed by atoms with E-state index in [0.717, 1.165) is 61.4 Å². The number of hydrogen-bond acceptors (Lipinski definition) is 11. The fourth-order valence-electron chi connectivity index (χ4n) is 8.33. The summed E-state index contributed by atoms with van der Waals surface area (Å²) in [5.74, 6) is -0.0296. The summed E-state index contributed by atoms with van der Waals surface area (Å²) >= 11 is 2.98. The zero-order valence-electron chi connectivity index (χ0n) is 33.5. The Morgan fingerprint density at radius 1 is 0.948 bits per heavy atom. The molecule has 0 saturated carbocycles. The number of piperidine rings is 1. The summed E-state index contributed by atoms with van der Waals surface area (Å²) < 4.78 is 4.05. The lowest BCUT2D eigenvalue weighted by Gasteiger charge is -2.38. The van der Waals surface area contributed by atoms with Crippen molar-refractivity contribution in [3.05, 3.63) is 30.3 Å². The van der Waals surface area contributed by atoms with Crippen molar-refractivity contribution in [2.24, 2.45) is 5.92 Å². The number of fused-ring (bicyclic) bond motifs is 1. The monoisotopic (exact) mass is 838 g/mol.